The second-order valence-electron chi connectivity index (χ2n) is 3.54. The molecular formula is C12H13ClN2S. The molecule has 0 aliphatic carbocycles. The number of rotatable bonds is 3. The van der Waals surface area contributed by atoms with Crippen molar-refractivity contribution in [3.63, 3.8) is 0 Å². The molecule has 1 aromatic heterocycles. The molecule has 16 heavy (non-hydrogen) atoms. The van der Waals surface area contributed by atoms with Crippen molar-refractivity contribution in [1.29, 1.82) is 0 Å². The van der Waals surface area contributed by atoms with Gasteiger partial charge in [-0.3, -0.25) is 0 Å². The molecule has 0 aliphatic heterocycles. The van der Waals surface area contributed by atoms with Crippen LogP contribution >= 0.6 is 22.9 Å². The molecule has 1 N–H and O–H groups in total. The van der Waals surface area contributed by atoms with E-state index in [2.05, 4.69) is 17.2 Å². The van der Waals surface area contributed by atoms with Gasteiger partial charge in [-0.25, -0.2) is 4.98 Å². The summed E-state index contributed by atoms with van der Waals surface area (Å²) in [6, 6.07) is 7.90. The molecule has 0 fully saturated rings. The van der Waals surface area contributed by atoms with E-state index in [1.54, 1.807) is 11.3 Å². The number of aryl methyl sites for hydroxylation is 1. The van der Waals surface area contributed by atoms with Crippen molar-refractivity contribution in [2.24, 2.45) is 0 Å². The first-order chi connectivity index (χ1) is 7.70. The Morgan fingerprint density at radius 2 is 2.12 bits per heavy atom. The minimum Gasteiger partial charge on any atom is -0.365 e. The van der Waals surface area contributed by atoms with E-state index in [1.165, 1.54) is 4.88 Å². The number of hydrogen-bond donors (Lipinski definition) is 1. The summed E-state index contributed by atoms with van der Waals surface area (Å²) in [4.78, 5) is 5.75. The molecule has 4 heteroatoms. The number of nitrogens with zero attached hydrogens (tertiary/aromatic N) is 1. The van der Waals surface area contributed by atoms with Crippen LogP contribution in [0.5, 0.6) is 0 Å². The van der Waals surface area contributed by atoms with E-state index >= 15 is 0 Å². The van der Waals surface area contributed by atoms with Gasteiger partial charge in [-0.05, 0) is 18.6 Å². The Kier molecular flexibility index (Phi) is 3.46. The van der Waals surface area contributed by atoms with Crippen LogP contribution in [0.4, 0.5) is 5.13 Å². The van der Waals surface area contributed by atoms with Crippen LogP contribution in [0.2, 0.25) is 5.02 Å². The Hall–Kier alpha value is -1.06. The molecule has 84 valence electrons. The summed E-state index contributed by atoms with van der Waals surface area (Å²) in [5.74, 6) is 0. The summed E-state index contributed by atoms with van der Waals surface area (Å²) in [5.41, 5.74) is 2.22. The summed E-state index contributed by atoms with van der Waals surface area (Å²) in [7, 11) is 1.89. The van der Waals surface area contributed by atoms with Crippen molar-refractivity contribution in [1.82, 2.24) is 4.98 Å². The lowest BCUT2D eigenvalue weighted by Crippen LogP contribution is -1.93. The minimum absolute atomic E-state index is 0.795. The highest BCUT2D eigenvalue weighted by Crippen LogP contribution is 2.25. The summed E-state index contributed by atoms with van der Waals surface area (Å²) in [6.45, 7) is 2.09. The zero-order valence-corrected chi connectivity index (χ0v) is 10.8. The second-order valence-corrected chi connectivity index (χ2v) is 5.15. The number of anilines is 1. The largest absolute Gasteiger partial charge is 0.365 e. The van der Waals surface area contributed by atoms with Crippen molar-refractivity contribution < 1.29 is 0 Å². The highest BCUT2D eigenvalue weighted by Gasteiger charge is 2.08. The van der Waals surface area contributed by atoms with Crippen LogP contribution < -0.4 is 5.32 Å². The highest BCUT2D eigenvalue weighted by molar-refractivity contribution is 7.15. The van der Waals surface area contributed by atoms with E-state index in [0.717, 1.165) is 27.8 Å². The van der Waals surface area contributed by atoms with E-state index in [4.69, 9.17) is 11.6 Å². The van der Waals surface area contributed by atoms with E-state index < -0.39 is 0 Å². The van der Waals surface area contributed by atoms with Crippen molar-refractivity contribution in [3.8, 4) is 0 Å². The third kappa shape index (κ3) is 2.36. The lowest BCUT2D eigenvalue weighted by Gasteiger charge is -2.01. The maximum atomic E-state index is 6.13. The molecule has 2 rings (SSSR count). The van der Waals surface area contributed by atoms with Gasteiger partial charge in [-0.2, -0.15) is 0 Å². The molecule has 0 bridgehead atoms. The first-order valence-electron chi connectivity index (χ1n) is 5.08. The van der Waals surface area contributed by atoms with Crippen LogP contribution in [-0.2, 0) is 6.42 Å². The molecule has 0 spiro atoms. The molecule has 2 nitrogen and oxygen atoms in total. The Balaban J connectivity index is 2.27. The topological polar surface area (TPSA) is 24.9 Å². The molecule has 0 atom stereocenters. The number of nitrogens with one attached hydrogen (secondary N) is 1. The average molecular weight is 253 g/mol. The summed E-state index contributed by atoms with van der Waals surface area (Å²) in [6.07, 6.45) is 0.795. The Labute approximate surface area is 104 Å². The zero-order valence-electron chi connectivity index (χ0n) is 9.25. The Morgan fingerprint density at radius 3 is 2.75 bits per heavy atom. The fourth-order valence-corrected chi connectivity index (χ4v) is 2.51. The minimum atomic E-state index is 0.795. The fraction of sp³-hybridized carbons (Fsp3) is 0.250. The molecule has 0 saturated carbocycles. The number of aromatic nitrogens is 1. The molecule has 1 aromatic carbocycles. The monoisotopic (exact) mass is 252 g/mol. The van der Waals surface area contributed by atoms with Gasteiger partial charge in [-0.1, -0.05) is 29.8 Å². The second kappa shape index (κ2) is 4.85. The third-order valence-corrected chi connectivity index (χ3v) is 3.82. The predicted octanol–water partition coefficient (Wildman–Crippen LogP) is 3.74. The molecule has 2 aromatic rings. The highest BCUT2D eigenvalue weighted by atomic mass is 35.5. The molecule has 0 radical (unpaired) electrons. The van der Waals surface area contributed by atoms with E-state index in [-0.39, 0.29) is 0 Å². The number of halogens is 1. The maximum Gasteiger partial charge on any atom is 0.182 e. The van der Waals surface area contributed by atoms with Crippen LogP contribution in [0.1, 0.15) is 16.1 Å². The molecule has 0 saturated heterocycles. The Morgan fingerprint density at radius 1 is 1.38 bits per heavy atom. The molecule has 0 amide bonds. The summed E-state index contributed by atoms with van der Waals surface area (Å²) < 4.78 is 0. The van der Waals surface area contributed by atoms with Crippen molar-refractivity contribution in [2.75, 3.05) is 12.4 Å². The van der Waals surface area contributed by atoms with Crippen LogP contribution in [0.25, 0.3) is 0 Å². The van der Waals surface area contributed by atoms with Gasteiger partial charge in [0.25, 0.3) is 0 Å². The van der Waals surface area contributed by atoms with Gasteiger partial charge in [-0.15, -0.1) is 11.3 Å². The van der Waals surface area contributed by atoms with Gasteiger partial charge in [0.05, 0.1) is 5.69 Å². The van der Waals surface area contributed by atoms with Crippen LogP contribution in [0, 0.1) is 6.92 Å². The van der Waals surface area contributed by atoms with Crippen LogP contribution in [-0.4, -0.2) is 12.0 Å². The number of thiazole rings is 1. The summed E-state index contributed by atoms with van der Waals surface area (Å²) in [5, 5.41) is 4.83. The van der Waals surface area contributed by atoms with E-state index in [0.29, 0.717) is 0 Å². The fourth-order valence-electron chi connectivity index (χ4n) is 1.52. The standard InChI is InChI=1S/C12H13ClN2S/c1-8-11(15-12(14-2)16-8)7-9-5-3-4-6-10(9)13/h3-6H,7H2,1-2H3,(H,14,15). The third-order valence-electron chi connectivity index (χ3n) is 2.42. The summed E-state index contributed by atoms with van der Waals surface area (Å²) >= 11 is 7.80. The number of hydrogen-bond acceptors (Lipinski definition) is 3. The average Bonchev–Trinajstić information content (AvgIpc) is 2.63. The van der Waals surface area contributed by atoms with E-state index in [1.807, 2.05) is 31.3 Å². The van der Waals surface area contributed by atoms with Gasteiger partial charge in [0.15, 0.2) is 5.13 Å². The lowest BCUT2D eigenvalue weighted by molar-refractivity contribution is 1.08. The van der Waals surface area contributed by atoms with E-state index in [9.17, 15) is 0 Å². The molecular weight excluding hydrogens is 240 g/mol. The predicted molar refractivity (Wildman–Crippen MR) is 70.7 cm³/mol. The number of benzene rings is 1. The quantitative estimate of drug-likeness (QED) is 0.900. The van der Waals surface area contributed by atoms with Gasteiger partial charge in [0.2, 0.25) is 0 Å². The first-order valence-corrected chi connectivity index (χ1v) is 6.27. The SMILES string of the molecule is CNc1nc(Cc2ccccc2Cl)c(C)s1. The van der Waals surface area contributed by atoms with Crippen LogP contribution in [0.3, 0.4) is 0 Å². The molecule has 1 heterocycles. The maximum absolute atomic E-state index is 6.13. The van der Waals surface area contributed by atoms with Gasteiger partial charge in [0.1, 0.15) is 0 Å². The zero-order chi connectivity index (χ0) is 11.5. The van der Waals surface area contributed by atoms with Crippen molar-refractivity contribution in [2.45, 2.75) is 13.3 Å². The van der Waals surface area contributed by atoms with Crippen molar-refractivity contribution >= 4 is 28.1 Å². The van der Waals surface area contributed by atoms with Gasteiger partial charge < -0.3 is 5.32 Å². The van der Waals surface area contributed by atoms with Gasteiger partial charge >= 0.3 is 0 Å². The molecule has 0 unspecified atom stereocenters. The smallest absolute Gasteiger partial charge is 0.182 e. The van der Waals surface area contributed by atoms with Crippen molar-refractivity contribution in [3.05, 3.63) is 45.4 Å². The normalized spacial score (nSPS) is 10.4. The molecule has 0 aliphatic rings. The first kappa shape index (κ1) is 11.4. The van der Waals surface area contributed by atoms with Crippen LogP contribution in [0.15, 0.2) is 24.3 Å². The lowest BCUT2D eigenvalue weighted by atomic mass is 10.1. The Bertz CT molecular complexity index is 494. The van der Waals surface area contributed by atoms with Gasteiger partial charge in [0, 0.05) is 23.4 Å².